The smallest absolute Gasteiger partial charge is 0.0786 e. The zero-order valence-corrected chi connectivity index (χ0v) is 22.3. The van der Waals surface area contributed by atoms with Crippen LogP contribution in [0.1, 0.15) is 125 Å². The van der Waals surface area contributed by atoms with Crippen LogP contribution in [0.3, 0.4) is 0 Å². The molecule has 0 aliphatic rings. The van der Waals surface area contributed by atoms with Gasteiger partial charge in [-0.25, -0.2) is 0 Å². The van der Waals surface area contributed by atoms with Crippen LogP contribution in [-0.2, 0) is 0 Å². The van der Waals surface area contributed by atoms with Gasteiger partial charge in [0.15, 0.2) is 0 Å². The van der Waals surface area contributed by atoms with E-state index in [9.17, 15) is 0 Å². The van der Waals surface area contributed by atoms with E-state index >= 15 is 0 Å². The lowest BCUT2D eigenvalue weighted by Gasteiger charge is -2.39. The second-order valence-corrected chi connectivity index (χ2v) is 10.4. The van der Waals surface area contributed by atoms with Crippen LogP contribution in [-0.4, -0.2) is 62.8 Å². The highest BCUT2D eigenvalue weighted by Crippen LogP contribution is 2.16. The molecule has 0 saturated carbocycles. The van der Waals surface area contributed by atoms with E-state index in [0.717, 1.165) is 4.48 Å². The second-order valence-electron chi connectivity index (χ2n) is 10.4. The van der Waals surface area contributed by atoms with Crippen molar-refractivity contribution in [2.45, 2.75) is 125 Å². The second kappa shape index (κ2) is 21.2. The Hall–Kier alpha value is -0.0800. The first-order valence-corrected chi connectivity index (χ1v) is 13.5. The predicted molar refractivity (Wildman–Crippen MR) is 136 cm³/mol. The van der Waals surface area contributed by atoms with Crippen molar-refractivity contribution in [3.05, 3.63) is 0 Å². The minimum Gasteiger partial charge on any atom is -0.331 e. The third-order valence-corrected chi connectivity index (χ3v) is 6.13. The molecule has 0 aliphatic heterocycles. The fourth-order valence-electron chi connectivity index (χ4n) is 4.01. The molecule has 2 nitrogen and oxygen atoms in total. The summed E-state index contributed by atoms with van der Waals surface area (Å²) in [6, 6.07) is 0. The van der Waals surface area contributed by atoms with Gasteiger partial charge in [0.05, 0.1) is 53.9 Å². The molecule has 0 fully saturated rings. The molecule has 178 valence electrons. The lowest BCUT2D eigenvalue weighted by molar-refractivity contribution is -0.929. The number of hydrogen-bond donors (Lipinski definition) is 0. The molecule has 0 unspecified atom stereocenters. The van der Waals surface area contributed by atoms with Crippen LogP contribution in [0.5, 0.6) is 0 Å². The van der Waals surface area contributed by atoms with Gasteiger partial charge in [0.2, 0.25) is 0 Å². The Bertz CT molecular complexity index is 269. The van der Waals surface area contributed by atoms with Crippen molar-refractivity contribution in [1.82, 2.24) is 0 Å². The fraction of sp³-hybridized carbons (Fsp3) is 1.00. The lowest BCUT2D eigenvalue weighted by atomic mass is 10.1. The maximum atomic E-state index is 2.33. The Balaban J connectivity index is 0. The van der Waals surface area contributed by atoms with E-state index in [4.69, 9.17) is 0 Å². The van der Waals surface area contributed by atoms with Gasteiger partial charge in [-0.3, -0.25) is 0 Å². The summed E-state index contributed by atoms with van der Waals surface area (Å²) in [5.41, 5.74) is 0. The molecule has 0 aliphatic carbocycles. The van der Waals surface area contributed by atoms with Crippen molar-refractivity contribution in [2.75, 3.05) is 53.9 Å². The van der Waals surface area contributed by atoms with E-state index in [1.54, 1.807) is 0 Å². The van der Waals surface area contributed by atoms with Gasteiger partial charge in [0.25, 0.3) is 0 Å². The number of quaternary nitrogens is 2. The van der Waals surface area contributed by atoms with Crippen LogP contribution in [0.15, 0.2) is 0 Å². The minimum absolute atomic E-state index is 1.12. The van der Waals surface area contributed by atoms with Crippen molar-refractivity contribution < 1.29 is 8.97 Å². The van der Waals surface area contributed by atoms with Gasteiger partial charge >= 0.3 is 0 Å². The van der Waals surface area contributed by atoms with Gasteiger partial charge < -0.3 is 8.97 Å². The van der Waals surface area contributed by atoms with Crippen molar-refractivity contribution in [3.8, 4) is 0 Å². The molecule has 2 heteroatoms. The molecule has 0 radical (unpaired) electrons. The normalized spacial score (nSPS) is 12.0. The average molecular weight is 415 g/mol. The molecular weight excluding hydrogens is 352 g/mol. The first kappa shape index (κ1) is 31.1. The maximum Gasteiger partial charge on any atom is 0.0786 e. The maximum absolute atomic E-state index is 2.33. The van der Waals surface area contributed by atoms with Crippen LogP contribution in [0.25, 0.3) is 0 Å². The molecule has 0 saturated heterocycles. The quantitative estimate of drug-likeness (QED) is 0.148. The van der Waals surface area contributed by atoms with Gasteiger partial charge in [-0.1, -0.05) is 86.0 Å². The van der Waals surface area contributed by atoms with Crippen LogP contribution < -0.4 is 0 Å². The molecule has 0 atom stereocenters. The molecule has 0 amide bonds. The lowest BCUT2D eigenvalue weighted by Crippen LogP contribution is -2.50. The van der Waals surface area contributed by atoms with Gasteiger partial charge in [-0.2, -0.15) is 0 Å². The van der Waals surface area contributed by atoms with E-state index in [1.807, 2.05) is 0 Å². The highest BCUT2D eigenvalue weighted by molar-refractivity contribution is 4.49. The summed E-state index contributed by atoms with van der Waals surface area (Å²) in [5, 5.41) is 0. The van der Waals surface area contributed by atoms with E-state index in [1.165, 1.54) is 127 Å². The molecule has 0 N–H and O–H groups in total. The standard InChI is InChI=1S/C16H36N.C11H26N/c1-5-9-13-17(14-10-6-2,15-11-7-3)16-12-8-4;1-5-6-7-8-9-10-11-12(2,3)4/h5-16H2,1-4H3;5-11H2,1-4H3/q2*+1. The number of nitrogens with zero attached hydrogens (tertiary/aromatic N) is 2. The van der Waals surface area contributed by atoms with Crippen molar-refractivity contribution in [3.63, 3.8) is 0 Å². The van der Waals surface area contributed by atoms with Gasteiger partial charge in [-0.05, 0) is 38.5 Å². The molecule has 0 aromatic carbocycles. The van der Waals surface area contributed by atoms with Crippen molar-refractivity contribution in [1.29, 1.82) is 0 Å². The number of hydrogen-bond acceptors (Lipinski definition) is 0. The zero-order valence-electron chi connectivity index (χ0n) is 22.3. The molecule has 0 spiro atoms. The first-order valence-electron chi connectivity index (χ1n) is 13.5. The minimum atomic E-state index is 1.12. The summed E-state index contributed by atoms with van der Waals surface area (Å²) in [6.07, 6.45) is 19.5. The molecular formula is C27H62N2+2. The summed E-state index contributed by atoms with van der Waals surface area (Å²) in [4.78, 5) is 0. The third kappa shape index (κ3) is 22.4. The summed E-state index contributed by atoms with van der Waals surface area (Å²) < 4.78 is 2.54. The number of rotatable bonds is 19. The molecule has 0 aromatic heterocycles. The first-order chi connectivity index (χ1) is 13.8. The highest BCUT2D eigenvalue weighted by Gasteiger charge is 2.24. The largest absolute Gasteiger partial charge is 0.331 e. The van der Waals surface area contributed by atoms with E-state index in [0.29, 0.717) is 0 Å². The van der Waals surface area contributed by atoms with E-state index in [2.05, 4.69) is 55.8 Å². The van der Waals surface area contributed by atoms with Crippen LogP contribution >= 0.6 is 0 Å². The third-order valence-electron chi connectivity index (χ3n) is 6.13. The topological polar surface area (TPSA) is 0 Å². The Morgan fingerprint density at radius 2 is 0.655 bits per heavy atom. The number of unbranched alkanes of at least 4 members (excludes halogenated alkanes) is 9. The van der Waals surface area contributed by atoms with Crippen LogP contribution in [0, 0.1) is 0 Å². The molecule has 0 aromatic rings. The summed E-state index contributed by atoms with van der Waals surface area (Å²) in [6.45, 7) is 18.6. The average Bonchev–Trinajstić information content (AvgIpc) is 2.69. The molecule has 0 bridgehead atoms. The molecule has 29 heavy (non-hydrogen) atoms. The summed E-state index contributed by atoms with van der Waals surface area (Å²) in [7, 11) is 6.81. The Morgan fingerprint density at radius 1 is 0.345 bits per heavy atom. The van der Waals surface area contributed by atoms with Crippen molar-refractivity contribution >= 4 is 0 Å². The predicted octanol–water partition coefficient (Wildman–Crippen LogP) is 8.06. The Morgan fingerprint density at radius 3 is 0.966 bits per heavy atom. The van der Waals surface area contributed by atoms with Gasteiger partial charge in [-0.15, -0.1) is 0 Å². The fourth-order valence-corrected chi connectivity index (χ4v) is 4.01. The van der Waals surface area contributed by atoms with E-state index < -0.39 is 0 Å². The monoisotopic (exact) mass is 414 g/mol. The van der Waals surface area contributed by atoms with Gasteiger partial charge in [0, 0.05) is 0 Å². The SMILES string of the molecule is CCCCCCCC[N+](C)(C)C.CCCC[N+](CCCC)(CCCC)CCCC. The van der Waals surface area contributed by atoms with Crippen LogP contribution in [0.2, 0.25) is 0 Å². The molecule has 0 heterocycles. The molecule has 0 rings (SSSR count). The summed E-state index contributed by atoms with van der Waals surface area (Å²) in [5.74, 6) is 0. The Labute approximate surface area is 187 Å². The van der Waals surface area contributed by atoms with Crippen LogP contribution in [0.4, 0.5) is 0 Å². The zero-order chi connectivity index (χ0) is 22.4. The summed E-state index contributed by atoms with van der Waals surface area (Å²) >= 11 is 0. The van der Waals surface area contributed by atoms with E-state index in [-0.39, 0.29) is 0 Å². The highest BCUT2D eigenvalue weighted by atomic mass is 15.3. The van der Waals surface area contributed by atoms with Gasteiger partial charge in [0.1, 0.15) is 0 Å². The Kier molecular flexibility index (Phi) is 22.7. The van der Waals surface area contributed by atoms with Crippen molar-refractivity contribution in [2.24, 2.45) is 0 Å².